The summed E-state index contributed by atoms with van der Waals surface area (Å²) in [7, 11) is 0. The molecule has 1 aromatic rings. The highest BCUT2D eigenvalue weighted by molar-refractivity contribution is 5.98. The number of nitrogens with zero attached hydrogens (tertiary/aromatic N) is 2. The molecular weight excluding hydrogens is 282 g/mol. The van der Waals surface area contributed by atoms with Crippen molar-refractivity contribution < 1.29 is 19.4 Å². The fourth-order valence-corrected chi connectivity index (χ4v) is 2.08. The van der Waals surface area contributed by atoms with Crippen LogP contribution in [0.1, 0.15) is 23.2 Å². The predicted octanol–water partition coefficient (Wildman–Crippen LogP) is 1.41. The van der Waals surface area contributed by atoms with E-state index >= 15 is 0 Å². The van der Waals surface area contributed by atoms with Crippen LogP contribution in [0, 0.1) is 20.2 Å². The van der Waals surface area contributed by atoms with Gasteiger partial charge in [0.1, 0.15) is 5.56 Å². The number of ether oxygens (including phenoxy) is 1. The van der Waals surface area contributed by atoms with Gasteiger partial charge >= 0.3 is 0 Å². The molecule has 21 heavy (non-hydrogen) atoms. The third-order valence-corrected chi connectivity index (χ3v) is 3.15. The minimum absolute atomic E-state index is 0.0916. The molecule has 1 aromatic carbocycles. The van der Waals surface area contributed by atoms with Gasteiger partial charge in [-0.1, -0.05) is 0 Å². The van der Waals surface area contributed by atoms with Gasteiger partial charge in [0, 0.05) is 19.2 Å². The van der Waals surface area contributed by atoms with Crippen LogP contribution in [-0.2, 0) is 4.74 Å². The first kappa shape index (κ1) is 14.9. The number of hydrogen-bond donors (Lipinski definition) is 1. The van der Waals surface area contributed by atoms with Gasteiger partial charge in [-0.3, -0.25) is 25.0 Å². The molecule has 9 nitrogen and oxygen atoms in total. The van der Waals surface area contributed by atoms with E-state index in [9.17, 15) is 25.0 Å². The molecule has 1 atom stereocenters. The molecular formula is C12H13N3O6. The molecule has 1 saturated heterocycles. The number of benzene rings is 1. The Morgan fingerprint density at radius 2 is 2.10 bits per heavy atom. The van der Waals surface area contributed by atoms with Gasteiger partial charge < -0.3 is 10.1 Å². The smallest absolute Gasteiger partial charge is 0.289 e. The number of hydrogen-bond acceptors (Lipinski definition) is 6. The fourth-order valence-electron chi connectivity index (χ4n) is 2.08. The van der Waals surface area contributed by atoms with Gasteiger partial charge in [0.05, 0.1) is 22.0 Å². The van der Waals surface area contributed by atoms with E-state index in [1.54, 1.807) is 0 Å². The van der Waals surface area contributed by atoms with Crippen molar-refractivity contribution in [3.63, 3.8) is 0 Å². The van der Waals surface area contributed by atoms with E-state index in [0.29, 0.717) is 6.61 Å². The van der Waals surface area contributed by atoms with Gasteiger partial charge in [0.2, 0.25) is 0 Å². The quantitative estimate of drug-likeness (QED) is 0.646. The largest absolute Gasteiger partial charge is 0.376 e. The molecule has 1 aliphatic rings. The van der Waals surface area contributed by atoms with Crippen molar-refractivity contribution in [2.45, 2.75) is 18.9 Å². The third-order valence-electron chi connectivity index (χ3n) is 3.15. The molecule has 1 N–H and O–H groups in total. The van der Waals surface area contributed by atoms with Gasteiger partial charge in [0.15, 0.2) is 0 Å². The molecule has 0 aromatic heterocycles. The summed E-state index contributed by atoms with van der Waals surface area (Å²) in [5.74, 6) is -0.646. The lowest BCUT2D eigenvalue weighted by Crippen LogP contribution is -2.32. The Bertz CT molecular complexity index is 582. The molecule has 0 bridgehead atoms. The van der Waals surface area contributed by atoms with Crippen LogP contribution in [-0.4, -0.2) is 35.0 Å². The maximum Gasteiger partial charge on any atom is 0.289 e. The lowest BCUT2D eigenvalue weighted by atomic mass is 10.1. The third kappa shape index (κ3) is 3.51. The van der Waals surface area contributed by atoms with Crippen LogP contribution in [0.2, 0.25) is 0 Å². The van der Waals surface area contributed by atoms with E-state index in [1.807, 2.05) is 0 Å². The Hall–Kier alpha value is -2.55. The molecule has 1 aliphatic heterocycles. The first-order valence-electron chi connectivity index (χ1n) is 6.31. The fraction of sp³-hybridized carbons (Fsp3) is 0.417. The molecule has 0 aliphatic carbocycles. The summed E-state index contributed by atoms with van der Waals surface area (Å²) < 4.78 is 5.33. The number of non-ortho nitro benzene ring substituents is 1. The Labute approximate surface area is 119 Å². The van der Waals surface area contributed by atoms with Crippen LogP contribution < -0.4 is 5.32 Å². The van der Waals surface area contributed by atoms with Gasteiger partial charge in [-0.25, -0.2) is 0 Å². The molecule has 1 amide bonds. The first-order valence-corrected chi connectivity index (χ1v) is 6.31. The first-order chi connectivity index (χ1) is 9.99. The van der Waals surface area contributed by atoms with Crippen molar-refractivity contribution in [2.75, 3.05) is 13.2 Å². The Balaban J connectivity index is 2.15. The highest BCUT2D eigenvalue weighted by atomic mass is 16.6. The van der Waals surface area contributed by atoms with E-state index in [0.717, 1.165) is 31.0 Å². The molecule has 0 spiro atoms. The number of nitro benzene ring substituents is 2. The zero-order valence-corrected chi connectivity index (χ0v) is 11.0. The number of carbonyl (C=O) groups excluding carboxylic acids is 1. The van der Waals surface area contributed by atoms with Gasteiger partial charge in [-0.05, 0) is 18.9 Å². The van der Waals surface area contributed by atoms with Crippen LogP contribution in [0.4, 0.5) is 11.4 Å². The Morgan fingerprint density at radius 3 is 2.67 bits per heavy atom. The molecule has 2 rings (SSSR count). The summed E-state index contributed by atoms with van der Waals surface area (Å²) in [4.78, 5) is 32.0. The minimum atomic E-state index is -0.812. The van der Waals surface area contributed by atoms with Crippen molar-refractivity contribution in [2.24, 2.45) is 0 Å². The van der Waals surface area contributed by atoms with Crippen molar-refractivity contribution in [1.29, 1.82) is 0 Å². The van der Waals surface area contributed by atoms with E-state index in [4.69, 9.17) is 4.74 Å². The average Bonchev–Trinajstić information content (AvgIpc) is 2.97. The number of amides is 1. The summed E-state index contributed by atoms with van der Waals surface area (Å²) in [5, 5.41) is 24.1. The Kier molecular flexibility index (Phi) is 4.43. The van der Waals surface area contributed by atoms with E-state index < -0.39 is 27.1 Å². The second kappa shape index (κ2) is 6.27. The van der Waals surface area contributed by atoms with Crippen LogP contribution in [0.15, 0.2) is 18.2 Å². The van der Waals surface area contributed by atoms with Gasteiger partial charge in [0.25, 0.3) is 17.3 Å². The minimum Gasteiger partial charge on any atom is -0.376 e. The standard InChI is InChI=1S/C12H13N3O6/c16-12(13-7-9-2-1-5-21-9)10-4-3-8(14(17)18)6-11(10)15(19)20/h3-4,6,9H,1-2,5,7H2,(H,13,16)/t9-/m1/s1. The molecule has 0 saturated carbocycles. The summed E-state index contributed by atoms with van der Waals surface area (Å²) in [5.41, 5.74) is -1.23. The maximum atomic E-state index is 12.0. The average molecular weight is 295 g/mol. The SMILES string of the molecule is O=C(NC[C@H]1CCCO1)c1ccc([N+](=O)[O-])cc1[N+](=O)[O-]. The van der Waals surface area contributed by atoms with E-state index in [-0.39, 0.29) is 18.2 Å². The summed E-state index contributed by atoms with van der Waals surface area (Å²) in [6.45, 7) is 0.894. The van der Waals surface area contributed by atoms with Gasteiger partial charge in [-0.15, -0.1) is 0 Å². The summed E-state index contributed by atoms with van der Waals surface area (Å²) in [6, 6.07) is 2.93. The summed E-state index contributed by atoms with van der Waals surface area (Å²) >= 11 is 0. The predicted molar refractivity (Wildman–Crippen MR) is 71.1 cm³/mol. The zero-order valence-electron chi connectivity index (χ0n) is 11.0. The molecule has 9 heteroatoms. The van der Waals surface area contributed by atoms with Crippen LogP contribution in [0.25, 0.3) is 0 Å². The number of rotatable bonds is 5. The molecule has 0 radical (unpaired) electrons. The second-order valence-corrected chi connectivity index (χ2v) is 4.56. The van der Waals surface area contributed by atoms with Crippen LogP contribution >= 0.6 is 0 Å². The maximum absolute atomic E-state index is 12.0. The van der Waals surface area contributed by atoms with Crippen molar-refractivity contribution in [1.82, 2.24) is 5.32 Å². The molecule has 0 unspecified atom stereocenters. The highest BCUT2D eigenvalue weighted by Gasteiger charge is 2.25. The normalized spacial score (nSPS) is 17.4. The summed E-state index contributed by atoms with van der Waals surface area (Å²) in [6.07, 6.45) is 1.65. The lowest BCUT2D eigenvalue weighted by Gasteiger charge is -2.10. The number of nitrogens with one attached hydrogen (secondary N) is 1. The van der Waals surface area contributed by atoms with Crippen LogP contribution in [0.5, 0.6) is 0 Å². The van der Waals surface area contributed by atoms with Gasteiger partial charge in [-0.2, -0.15) is 0 Å². The monoisotopic (exact) mass is 295 g/mol. The highest BCUT2D eigenvalue weighted by Crippen LogP contribution is 2.24. The van der Waals surface area contributed by atoms with Crippen LogP contribution in [0.3, 0.4) is 0 Å². The molecule has 1 fully saturated rings. The lowest BCUT2D eigenvalue weighted by molar-refractivity contribution is -0.394. The van der Waals surface area contributed by atoms with Crippen molar-refractivity contribution in [3.8, 4) is 0 Å². The molecule has 112 valence electrons. The van der Waals surface area contributed by atoms with E-state index in [1.165, 1.54) is 0 Å². The molecule has 1 heterocycles. The zero-order chi connectivity index (χ0) is 15.4. The van der Waals surface area contributed by atoms with Crippen molar-refractivity contribution in [3.05, 3.63) is 44.0 Å². The number of carbonyl (C=O) groups is 1. The number of nitro groups is 2. The Morgan fingerprint density at radius 1 is 1.33 bits per heavy atom. The topological polar surface area (TPSA) is 125 Å². The second-order valence-electron chi connectivity index (χ2n) is 4.56. The van der Waals surface area contributed by atoms with E-state index in [2.05, 4.69) is 5.32 Å². The van der Waals surface area contributed by atoms with Crippen molar-refractivity contribution >= 4 is 17.3 Å².